The molecule has 0 saturated heterocycles. The third kappa shape index (κ3) is 8.21. The number of rotatable bonds is 6. The monoisotopic (exact) mass is 1060 g/mol. The second kappa shape index (κ2) is 17.5. The number of thiophene rings is 2. The molecule has 389 valence electrons. The zero-order valence-electron chi connectivity index (χ0n) is 47.4. The zero-order chi connectivity index (χ0) is 54.7. The Bertz CT molecular complexity index is 4560. The number of furan rings is 1. The number of nitrogens with zero attached hydrogens (tertiary/aromatic N) is 2. The average molecular weight is 1060 g/mol. The summed E-state index contributed by atoms with van der Waals surface area (Å²) in [5.41, 5.74) is 19.6. The summed E-state index contributed by atoms with van der Waals surface area (Å²) < 4.78 is 14.8. The molecule has 1 aliphatic rings. The average Bonchev–Trinajstić information content (AvgIpc) is 4.16. The van der Waals surface area contributed by atoms with Crippen molar-refractivity contribution in [2.45, 2.75) is 105 Å². The van der Waals surface area contributed by atoms with Gasteiger partial charge in [-0.05, 0) is 157 Å². The maximum Gasteiger partial charge on any atom is 0.211 e. The molecule has 7 heteroatoms. The van der Waals surface area contributed by atoms with Crippen LogP contribution in [0.4, 0.5) is 28.4 Å². The Labute approximate surface area is 472 Å². The van der Waals surface area contributed by atoms with E-state index in [4.69, 9.17) is 4.42 Å². The maximum atomic E-state index is 7.02. The van der Waals surface area contributed by atoms with E-state index in [0.717, 1.165) is 61.5 Å². The molecule has 0 aliphatic carbocycles. The van der Waals surface area contributed by atoms with E-state index in [1.54, 1.807) is 0 Å². The lowest BCUT2D eigenvalue weighted by molar-refractivity contribution is 0.590. The Kier molecular flexibility index (Phi) is 11.0. The number of hydrogen-bond donors (Lipinski definition) is 1. The van der Waals surface area contributed by atoms with Gasteiger partial charge in [-0.1, -0.05) is 156 Å². The van der Waals surface area contributed by atoms with Crippen molar-refractivity contribution in [2.75, 3.05) is 10.2 Å². The van der Waals surface area contributed by atoms with Crippen molar-refractivity contribution in [3.63, 3.8) is 0 Å². The second-order valence-corrected chi connectivity index (χ2v) is 28.4. The van der Waals surface area contributed by atoms with Gasteiger partial charge >= 0.3 is 0 Å². The molecule has 0 amide bonds. The lowest BCUT2D eigenvalue weighted by atomic mass is 9.63. The molecular formula is C72H65BN3OS2. The largest absolute Gasteiger partial charge is 0.456 e. The fourth-order valence-electron chi connectivity index (χ4n) is 12.1. The SMILES string of the molecule is CC(C)(C)c1ccc(Nc2cc3c(cc2-c2ccc4c5cc6c(cc5n5c4c2[B]c2sc4ccc(C(C)(C)C)cc4c2-5)sc2ccccc26)oc2ccc(N(c4ccc(C(C)(C)C)cc4)c4ccc(C(C)(C)C)cc4)cc23)cc1. The quantitative estimate of drug-likeness (QED) is 0.169. The van der Waals surface area contributed by atoms with Crippen LogP contribution in [0.25, 0.3) is 90.8 Å². The Morgan fingerprint density at radius 2 is 1.03 bits per heavy atom. The van der Waals surface area contributed by atoms with Crippen LogP contribution in [-0.2, 0) is 21.7 Å². The summed E-state index contributed by atoms with van der Waals surface area (Å²) in [5.74, 6) is 0. The summed E-state index contributed by atoms with van der Waals surface area (Å²) in [7, 11) is 2.48. The smallest absolute Gasteiger partial charge is 0.211 e. The van der Waals surface area contributed by atoms with E-state index >= 15 is 0 Å². The highest BCUT2D eigenvalue weighted by atomic mass is 32.1. The van der Waals surface area contributed by atoms with Gasteiger partial charge in [0.1, 0.15) is 11.2 Å². The highest BCUT2D eigenvalue weighted by molar-refractivity contribution is 7.29. The lowest BCUT2D eigenvalue weighted by Gasteiger charge is -2.28. The van der Waals surface area contributed by atoms with Crippen LogP contribution in [-0.4, -0.2) is 11.8 Å². The van der Waals surface area contributed by atoms with E-state index < -0.39 is 0 Å². The maximum absolute atomic E-state index is 7.02. The topological polar surface area (TPSA) is 33.3 Å². The third-order valence-corrected chi connectivity index (χ3v) is 18.9. The highest BCUT2D eigenvalue weighted by Gasteiger charge is 2.32. The van der Waals surface area contributed by atoms with Crippen LogP contribution >= 0.6 is 22.7 Å². The van der Waals surface area contributed by atoms with Gasteiger partial charge in [-0.25, -0.2) is 0 Å². The molecule has 0 fully saturated rings. The highest BCUT2D eigenvalue weighted by Crippen LogP contribution is 2.47. The van der Waals surface area contributed by atoms with Crippen molar-refractivity contribution in [1.82, 2.24) is 4.57 Å². The number of benzene rings is 9. The summed E-state index contributed by atoms with van der Waals surface area (Å²) in [5, 5.41) is 12.6. The van der Waals surface area contributed by atoms with Gasteiger partial charge in [0.15, 0.2) is 0 Å². The van der Waals surface area contributed by atoms with Crippen molar-refractivity contribution in [1.29, 1.82) is 0 Å². The summed E-state index contributed by atoms with van der Waals surface area (Å²) >= 11 is 3.79. The fourth-order valence-corrected chi connectivity index (χ4v) is 14.4. The van der Waals surface area contributed by atoms with Gasteiger partial charge < -0.3 is 19.2 Å². The number of fused-ring (bicyclic) bond motifs is 13. The van der Waals surface area contributed by atoms with Gasteiger partial charge in [0.2, 0.25) is 7.28 Å². The third-order valence-electron chi connectivity index (χ3n) is 16.7. The van der Waals surface area contributed by atoms with Gasteiger partial charge in [0.25, 0.3) is 0 Å². The van der Waals surface area contributed by atoms with E-state index in [1.807, 2.05) is 22.7 Å². The molecule has 0 saturated carbocycles. The molecule has 4 nitrogen and oxygen atoms in total. The molecule has 14 rings (SSSR count). The predicted molar refractivity (Wildman–Crippen MR) is 346 cm³/mol. The van der Waals surface area contributed by atoms with Gasteiger partial charge in [0, 0.05) is 91.3 Å². The van der Waals surface area contributed by atoms with Crippen LogP contribution < -0.4 is 20.5 Å². The molecule has 13 aromatic rings. The molecule has 0 spiro atoms. The van der Waals surface area contributed by atoms with Crippen LogP contribution in [0.2, 0.25) is 0 Å². The molecule has 1 radical (unpaired) electrons. The molecule has 4 aromatic heterocycles. The Hall–Kier alpha value is -7.58. The molecule has 0 bridgehead atoms. The summed E-state index contributed by atoms with van der Waals surface area (Å²) in [6.07, 6.45) is 0. The van der Waals surface area contributed by atoms with Crippen molar-refractivity contribution in [3.8, 4) is 16.8 Å². The van der Waals surface area contributed by atoms with Gasteiger partial charge in [-0.15, -0.1) is 22.7 Å². The lowest BCUT2D eigenvalue weighted by Crippen LogP contribution is -2.35. The van der Waals surface area contributed by atoms with E-state index in [9.17, 15) is 0 Å². The first-order chi connectivity index (χ1) is 37.6. The Balaban J connectivity index is 0.998. The minimum atomic E-state index is 0.00718. The van der Waals surface area contributed by atoms with Gasteiger partial charge in [0.05, 0.1) is 11.2 Å². The van der Waals surface area contributed by atoms with E-state index in [-0.39, 0.29) is 21.7 Å². The van der Waals surface area contributed by atoms with E-state index in [2.05, 4.69) is 275 Å². The standard InChI is InChI=1S/C72H65BN3OS2/c1-69(2,3)41-17-24-45(25-18-41)74-58-38-55-54-36-48(75(46-26-19-42(20-27-46)70(4,5)6)47-28-21-43(22-29-47)71(7,8)9)30-33-60(54)77-61(55)39-52(58)50-31-32-51-53-37-56-49-15-13-14-16-62(49)78-64(56)40-59(53)76-66(51)65(50)73-68-67(76)57-35-44(72(10,11)12)23-34-63(57)79-68/h13-40,74H,1-12H3. The van der Waals surface area contributed by atoms with Crippen LogP contribution in [0.5, 0.6) is 0 Å². The molecule has 0 atom stereocenters. The van der Waals surface area contributed by atoms with Crippen molar-refractivity contribution in [2.24, 2.45) is 0 Å². The van der Waals surface area contributed by atoms with E-state index in [1.165, 1.54) is 90.2 Å². The first-order valence-corrected chi connectivity index (χ1v) is 29.5. The van der Waals surface area contributed by atoms with Crippen LogP contribution in [0.3, 0.4) is 0 Å². The van der Waals surface area contributed by atoms with Crippen molar-refractivity contribution in [3.05, 3.63) is 192 Å². The first kappa shape index (κ1) is 49.7. The molecule has 9 aromatic carbocycles. The zero-order valence-corrected chi connectivity index (χ0v) is 49.0. The number of hydrogen-bond acceptors (Lipinski definition) is 5. The fraction of sp³-hybridized carbons (Fsp3) is 0.222. The first-order valence-electron chi connectivity index (χ1n) is 27.9. The summed E-state index contributed by atoms with van der Waals surface area (Å²) in [6, 6.07) is 64.2. The molecular weight excluding hydrogens is 998 g/mol. The minimum absolute atomic E-state index is 0.00718. The van der Waals surface area contributed by atoms with Gasteiger partial charge in [-0.3, -0.25) is 0 Å². The van der Waals surface area contributed by atoms with Crippen molar-refractivity contribution >= 4 is 143 Å². The normalized spacial score (nSPS) is 13.2. The minimum Gasteiger partial charge on any atom is -0.456 e. The molecule has 1 aliphatic heterocycles. The number of anilines is 5. The molecule has 5 heterocycles. The van der Waals surface area contributed by atoms with Crippen molar-refractivity contribution < 1.29 is 4.42 Å². The summed E-state index contributed by atoms with van der Waals surface area (Å²) in [6.45, 7) is 27.4. The predicted octanol–water partition coefficient (Wildman–Crippen LogP) is 20.3. The molecule has 1 N–H and O–H groups in total. The number of aromatic nitrogens is 1. The Morgan fingerprint density at radius 3 is 1.68 bits per heavy atom. The van der Waals surface area contributed by atoms with Crippen LogP contribution in [0.15, 0.2) is 174 Å². The molecule has 0 unspecified atom stereocenters. The summed E-state index contributed by atoms with van der Waals surface area (Å²) in [4.78, 5) is 2.38. The number of nitrogens with one attached hydrogen (secondary N) is 1. The van der Waals surface area contributed by atoms with E-state index in [0.29, 0.717) is 0 Å². The Morgan fingerprint density at radius 1 is 0.430 bits per heavy atom. The van der Waals surface area contributed by atoms with Crippen LogP contribution in [0.1, 0.15) is 105 Å². The molecule has 79 heavy (non-hydrogen) atoms. The van der Waals surface area contributed by atoms with Gasteiger partial charge in [-0.2, -0.15) is 0 Å². The second-order valence-electron chi connectivity index (χ2n) is 26.2. The van der Waals surface area contributed by atoms with Crippen LogP contribution in [0, 0.1) is 0 Å².